The second-order valence-electron chi connectivity index (χ2n) is 6.13. The molecule has 7 nitrogen and oxygen atoms in total. The van der Waals surface area contributed by atoms with Crippen LogP contribution in [0.15, 0.2) is 24.3 Å². The molecule has 31 heavy (non-hydrogen) atoms. The first-order valence-electron chi connectivity index (χ1n) is 8.18. The molecule has 1 N–H and O–H groups in total. The standard InChI is InChI=1S/C16H15F6IO7S/c17-15(18,19)14(16(20,21)22,9-31(26,27)28)30-13(25)7-3-6-12(24)29-8-10-4-1-2-5-11(10)23/h1-2,4-5H,3,6-9H2,(H,26,27,28). The summed E-state index contributed by atoms with van der Waals surface area (Å²) in [5.41, 5.74) is -4.81. The van der Waals surface area contributed by atoms with Crippen LogP contribution in [-0.4, -0.2) is 48.6 Å². The zero-order chi connectivity index (χ0) is 24.1. The lowest BCUT2D eigenvalue weighted by molar-refractivity contribution is -0.361. The third-order valence-corrected chi connectivity index (χ3v) is 5.52. The second kappa shape index (κ2) is 10.3. The Morgan fingerprint density at radius 3 is 1.97 bits per heavy atom. The van der Waals surface area contributed by atoms with Gasteiger partial charge in [-0.1, -0.05) is 18.2 Å². The van der Waals surface area contributed by atoms with Gasteiger partial charge in [0.2, 0.25) is 0 Å². The van der Waals surface area contributed by atoms with Crippen LogP contribution in [-0.2, 0) is 35.8 Å². The van der Waals surface area contributed by atoms with Crippen LogP contribution in [0.25, 0.3) is 0 Å². The molecule has 0 fully saturated rings. The molecule has 0 aliphatic carbocycles. The molecule has 0 bridgehead atoms. The van der Waals surface area contributed by atoms with Crippen LogP contribution in [0.1, 0.15) is 24.8 Å². The Morgan fingerprint density at radius 1 is 0.968 bits per heavy atom. The summed E-state index contributed by atoms with van der Waals surface area (Å²) in [6.07, 6.45) is -14.9. The first kappa shape index (κ1) is 27.4. The number of alkyl halides is 6. The maximum absolute atomic E-state index is 13.1. The predicted molar refractivity (Wildman–Crippen MR) is 100 cm³/mol. The number of halogens is 7. The highest BCUT2D eigenvalue weighted by atomic mass is 127. The monoisotopic (exact) mass is 592 g/mol. The number of carbonyl (C=O) groups is 2. The lowest BCUT2D eigenvalue weighted by atomic mass is 10.1. The minimum atomic E-state index is -6.40. The van der Waals surface area contributed by atoms with Gasteiger partial charge < -0.3 is 9.47 Å². The van der Waals surface area contributed by atoms with Crippen molar-refractivity contribution in [2.45, 2.75) is 43.8 Å². The number of benzene rings is 1. The van der Waals surface area contributed by atoms with E-state index in [1.165, 1.54) is 0 Å². The fraction of sp³-hybridized carbons (Fsp3) is 0.500. The molecule has 0 aromatic heterocycles. The number of rotatable bonds is 9. The summed E-state index contributed by atoms with van der Waals surface area (Å²) in [7, 11) is -5.86. The van der Waals surface area contributed by atoms with E-state index in [1.54, 1.807) is 24.3 Å². The Hall–Kier alpha value is -1.62. The van der Waals surface area contributed by atoms with Gasteiger partial charge in [-0.25, -0.2) is 0 Å². The van der Waals surface area contributed by atoms with Gasteiger partial charge in [-0.3, -0.25) is 14.1 Å². The molecule has 0 saturated carbocycles. The van der Waals surface area contributed by atoms with Gasteiger partial charge in [0.15, 0.2) is 0 Å². The van der Waals surface area contributed by atoms with Crippen LogP contribution in [0, 0.1) is 3.57 Å². The van der Waals surface area contributed by atoms with Crippen molar-refractivity contribution in [1.29, 1.82) is 0 Å². The summed E-state index contributed by atoms with van der Waals surface area (Å²) < 4.78 is 118. The summed E-state index contributed by atoms with van der Waals surface area (Å²) in [5, 5.41) is 0. The van der Waals surface area contributed by atoms with E-state index in [0.717, 1.165) is 3.57 Å². The molecule has 0 aliphatic heterocycles. The summed E-state index contributed by atoms with van der Waals surface area (Å²) in [6, 6.07) is 6.82. The molecule has 0 spiro atoms. The highest BCUT2D eigenvalue weighted by molar-refractivity contribution is 14.1. The molecular formula is C16H15F6IO7S. The molecule has 1 aromatic carbocycles. The first-order chi connectivity index (χ1) is 14.0. The number of ether oxygens (including phenoxy) is 2. The summed E-state index contributed by atoms with van der Waals surface area (Å²) in [4.78, 5) is 23.2. The molecule has 1 aromatic rings. The topological polar surface area (TPSA) is 107 Å². The molecule has 0 amide bonds. The Bertz CT molecular complexity index is 884. The van der Waals surface area contributed by atoms with E-state index in [9.17, 15) is 44.3 Å². The molecule has 176 valence electrons. The van der Waals surface area contributed by atoms with E-state index in [0.29, 0.717) is 5.56 Å². The normalized spacial score (nSPS) is 13.0. The van der Waals surface area contributed by atoms with Crippen molar-refractivity contribution in [1.82, 2.24) is 0 Å². The minimum absolute atomic E-state index is 0.137. The number of hydrogen-bond acceptors (Lipinski definition) is 6. The summed E-state index contributed by atoms with van der Waals surface area (Å²) >= 11 is 1.98. The number of esters is 2. The van der Waals surface area contributed by atoms with Gasteiger partial charge in [-0.05, 0) is 35.1 Å². The lowest BCUT2D eigenvalue weighted by Crippen LogP contribution is -2.63. The average molecular weight is 592 g/mol. The molecule has 0 saturated heterocycles. The van der Waals surface area contributed by atoms with E-state index in [2.05, 4.69) is 4.74 Å². The van der Waals surface area contributed by atoms with Crippen molar-refractivity contribution in [2.24, 2.45) is 0 Å². The molecule has 0 aliphatic rings. The quantitative estimate of drug-likeness (QED) is 0.201. The summed E-state index contributed by atoms with van der Waals surface area (Å²) in [6.45, 7) is -0.137. The molecule has 0 atom stereocenters. The van der Waals surface area contributed by atoms with Crippen molar-refractivity contribution in [2.75, 3.05) is 5.75 Å². The van der Waals surface area contributed by atoms with Gasteiger partial charge in [0, 0.05) is 22.0 Å². The summed E-state index contributed by atoms with van der Waals surface area (Å²) in [5.74, 6) is -5.90. The van der Waals surface area contributed by atoms with Crippen molar-refractivity contribution in [3.8, 4) is 0 Å². The average Bonchev–Trinajstić information content (AvgIpc) is 2.57. The molecule has 0 unspecified atom stereocenters. The van der Waals surface area contributed by atoms with E-state index in [4.69, 9.17) is 9.29 Å². The third kappa shape index (κ3) is 8.10. The SMILES string of the molecule is O=C(CCCC(=O)OC(CS(=O)(=O)O)(C(F)(F)F)C(F)(F)F)OCc1ccccc1I. The smallest absolute Gasteiger partial charge is 0.438 e. The van der Waals surface area contributed by atoms with Crippen molar-refractivity contribution in [3.05, 3.63) is 33.4 Å². The van der Waals surface area contributed by atoms with Gasteiger partial charge in [0.05, 0.1) is 0 Å². The highest BCUT2D eigenvalue weighted by Gasteiger charge is 2.75. The third-order valence-electron chi connectivity index (χ3n) is 3.70. The van der Waals surface area contributed by atoms with Gasteiger partial charge in [-0.2, -0.15) is 34.8 Å². The maximum Gasteiger partial charge on any atom is 0.438 e. The number of carbonyl (C=O) groups excluding carboxylic acids is 2. The van der Waals surface area contributed by atoms with Crippen molar-refractivity contribution < 1.29 is 58.4 Å². The zero-order valence-electron chi connectivity index (χ0n) is 15.3. The fourth-order valence-corrected chi connectivity index (χ4v) is 3.64. The Morgan fingerprint density at radius 2 is 1.48 bits per heavy atom. The van der Waals surface area contributed by atoms with E-state index in [-0.39, 0.29) is 6.61 Å². The van der Waals surface area contributed by atoms with Gasteiger partial charge in [0.25, 0.3) is 10.1 Å². The van der Waals surface area contributed by atoms with E-state index >= 15 is 0 Å². The number of hydrogen-bond donors (Lipinski definition) is 1. The van der Waals surface area contributed by atoms with Gasteiger partial charge >= 0.3 is 29.9 Å². The van der Waals surface area contributed by atoms with Crippen molar-refractivity contribution in [3.63, 3.8) is 0 Å². The van der Waals surface area contributed by atoms with Crippen LogP contribution in [0.5, 0.6) is 0 Å². The van der Waals surface area contributed by atoms with E-state index < -0.39 is 65.0 Å². The first-order valence-corrected chi connectivity index (χ1v) is 10.9. The molecule has 15 heteroatoms. The predicted octanol–water partition coefficient (Wildman–Crippen LogP) is 3.80. The Labute approximate surface area is 186 Å². The van der Waals surface area contributed by atoms with Gasteiger partial charge in [-0.15, -0.1) is 0 Å². The molecule has 0 heterocycles. The maximum atomic E-state index is 13.1. The minimum Gasteiger partial charge on any atom is -0.461 e. The van der Waals surface area contributed by atoms with Gasteiger partial charge in [0.1, 0.15) is 12.4 Å². The molecule has 1 rings (SSSR count). The van der Waals surface area contributed by atoms with Crippen LogP contribution in [0.4, 0.5) is 26.3 Å². The zero-order valence-corrected chi connectivity index (χ0v) is 18.3. The second-order valence-corrected chi connectivity index (χ2v) is 8.74. The highest BCUT2D eigenvalue weighted by Crippen LogP contribution is 2.47. The van der Waals surface area contributed by atoms with E-state index in [1.807, 2.05) is 22.6 Å². The van der Waals surface area contributed by atoms with Crippen LogP contribution in [0.3, 0.4) is 0 Å². The largest absolute Gasteiger partial charge is 0.461 e. The fourth-order valence-electron chi connectivity index (χ4n) is 2.19. The van der Waals surface area contributed by atoms with Crippen molar-refractivity contribution >= 4 is 44.6 Å². The Balaban J connectivity index is 2.74. The molecule has 0 radical (unpaired) electrons. The molecular weight excluding hydrogens is 577 g/mol. The lowest BCUT2D eigenvalue weighted by Gasteiger charge is -2.35. The Kier molecular flexibility index (Phi) is 9.14. The van der Waals surface area contributed by atoms with Crippen LogP contribution < -0.4 is 0 Å². The van der Waals surface area contributed by atoms with Crippen LogP contribution in [0.2, 0.25) is 0 Å². The van der Waals surface area contributed by atoms with Crippen LogP contribution >= 0.6 is 22.6 Å².